The molecule has 0 radical (unpaired) electrons. The third-order valence-electron chi connectivity index (χ3n) is 2.80. The van der Waals surface area contributed by atoms with Crippen LogP contribution in [0.1, 0.15) is 43.4 Å². The Morgan fingerprint density at radius 3 is 2.18 bits per heavy atom. The molecular weight excluding hydrogens is 235 g/mol. The lowest BCUT2D eigenvalue weighted by molar-refractivity contribution is 0.373. The van der Waals surface area contributed by atoms with Gasteiger partial charge in [0.05, 0.1) is 0 Å². The largest absolute Gasteiger partial charge is 0.427 e. The van der Waals surface area contributed by atoms with Crippen LogP contribution in [0.2, 0.25) is 0 Å². The van der Waals surface area contributed by atoms with Crippen LogP contribution in [-0.4, -0.2) is 9.79 Å². The molecule has 0 atom stereocenters. The van der Waals surface area contributed by atoms with Crippen LogP contribution in [0, 0.1) is 6.92 Å². The highest BCUT2D eigenvalue weighted by atomic mass is 31.2. The van der Waals surface area contributed by atoms with Crippen LogP contribution in [0.5, 0.6) is 5.75 Å². The van der Waals surface area contributed by atoms with E-state index >= 15 is 0 Å². The Balaban J connectivity index is 3.15. The van der Waals surface area contributed by atoms with Gasteiger partial charge in [0.25, 0.3) is 0 Å². The van der Waals surface area contributed by atoms with E-state index in [1.54, 1.807) is 0 Å². The van der Waals surface area contributed by atoms with Crippen molar-refractivity contribution in [1.29, 1.82) is 0 Å². The van der Waals surface area contributed by atoms with Gasteiger partial charge in [-0.1, -0.05) is 32.8 Å². The molecule has 0 aliphatic carbocycles. The smallest absolute Gasteiger partial charge is 0.391 e. The monoisotopic (exact) mass is 256 g/mol. The van der Waals surface area contributed by atoms with Crippen molar-refractivity contribution in [3.8, 4) is 5.75 Å². The lowest BCUT2D eigenvalue weighted by Gasteiger charge is -2.17. The van der Waals surface area contributed by atoms with Gasteiger partial charge in [-0.25, -0.2) is 0 Å². The maximum Gasteiger partial charge on any atom is 0.391 e. The average Bonchev–Trinajstić information content (AvgIpc) is 2.27. The van der Waals surface area contributed by atoms with Crippen LogP contribution in [0.15, 0.2) is 12.1 Å². The molecule has 0 aliphatic rings. The predicted octanol–water partition coefficient (Wildman–Crippen LogP) is 3.49. The molecular formula is C13H21O3P. The normalized spacial score (nSPS) is 10.9. The summed E-state index contributed by atoms with van der Waals surface area (Å²) in [7, 11) is -2.33. The Hall–Kier alpha value is -0.630. The Morgan fingerprint density at radius 2 is 1.65 bits per heavy atom. The molecule has 0 saturated heterocycles. The Morgan fingerprint density at radius 1 is 1.06 bits per heavy atom. The minimum Gasteiger partial charge on any atom is -0.427 e. The van der Waals surface area contributed by atoms with E-state index in [0.717, 1.165) is 31.2 Å². The van der Waals surface area contributed by atoms with Crippen molar-refractivity contribution >= 4 is 8.60 Å². The Labute approximate surface area is 104 Å². The molecule has 0 spiro atoms. The minimum atomic E-state index is -2.33. The zero-order valence-corrected chi connectivity index (χ0v) is 11.6. The molecule has 1 rings (SSSR count). The highest BCUT2D eigenvalue weighted by Crippen LogP contribution is 2.35. The zero-order chi connectivity index (χ0) is 12.8. The fraction of sp³-hybridized carbons (Fsp3) is 0.538. The van der Waals surface area contributed by atoms with Gasteiger partial charge in [0.1, 0.15) is 5.75 Å². The van der Waals surface area contributed by atoms with Crippen molar-refractivity contribution in [1.82, 2.24) is 0 Å². The van der Waals surface area contributed by atoms with Gasteiger partial charge in [-0.3, -0.25) is 0 Å². The lowest BCUT2D eigenvalue weighted by atomic mass is 9.94. The zero-order valence-electron chi connectivity index (χ0n) is 10.7. The van der Waals surface area contributed by atoms with Crippen LogP contribution >= 0.6 is 8.60 Å². The highest BCUT2D eigenvalue weighted by Gasteiger charge is 2.13. The van der Waals surface area contributed by atoms with Gasteiger partial charge in [-0.15, -0.1) is 0 Å². The van der Waals surface area contributed by atoms with Gasteiger partial charge in [0.15, 0.2) is 0 Å². The van der Waals surface area contributed by atoms with Crippen molar-refractivity contribution in [3.63, 3.8) is 0 Å². The van der Waals surface area contributed by atoms with E-state index < -0.39 is 8.60 Å². The van der Waals surface area contributed by atoms with Crippen LogP contribution in [0.25, 0.3) is 0 Å². The summed E-state index contributed by atoms with van der Waals surface area (Å²) in [6, 6.07) is 3.82. The summed E-state index contributed by atoms with van der Waals surface area (Å²) in [5.41, 5.74) is 3.68. The summed E-state index contributed by atoms with van der Waals surface area (Å²) < 4.78 is 5.12. The van der Waals surface area contributed by atoms with Crippen molar-refractivity contribution in [2.45, 2.75) is 46.5 Å². The molecule has 4 heteroatoms. The number of benzene rings is 1. The summed E-state index contributed by atoms with van der Waals surface area (Å²) in [5.74, 6) is 0.622. The molecule has 0 saturated carbocycles. The molecule has 3 nitrogen and oxygen atoms in total. The molecule has 17 heavy (non-hydrogen) atoms. The van der Waals surface area contributed by atoms with Gasteiger partial charge in [0, 0.05) is 0 Å². The van der Waals surface area contributed by atoms with Gasteiger partial charge < -0.3 is 14.3 Å². The summed E-state index contributed by atoms with van der Waals surface area (Å²) in [5, 5.41) is 0. The maximum absolute atomic E-state index is 8.99. The first-order valence-corrected chi connectivity index (χ1v) is 7.23. The molecule has 2 N–H and O–H groups in total. The first kappa shape index (κ1) is 14.4. The molecule has 0 fully saturated rings. The summed E-state index contributed by atoms with van der Waals surface area (Å²) in [4.78, 5) is 18.0. The SMILES string of the molecule is CCCc1c(C)ccc(OP(O)O)c1CCC. The van der Waals surface area contributed by atoms with Crippen LogP contribution < -0.4 is 4.52 Å². The highest BCUT2D eigenvalue weighted by molar-refractivity contribution is 7.39. The fourth-order valence-corrected chi connectivity index (χ4v) is 2.43. The Kier molecular flexibility index (Phi) is 5.90. The maximum atomic E-state index is 8.99. The van der Waals surface area contributed by atoms with Gasteiger partial charge >= 0.3 is 8.60 Å². The molecule has 0 aliphatic heterocycles. The van der Waals surface area contributed by atoms with E-state index in [9.17, 15) is 0 Å². The standard InChI is InChI=1S/C13H21O3P/c1-4-6-11-10(3)8-9-13(16-17(14)15)12(11)7-5-2/h8-9,14-15H,4-7H2,1-3H3. The molecule has 0 amide bonds. The molecule has 0 aromatic heterocycles. The van der Waals surface area contributed by atoms with E-state index in [4.69, 9.17) is 14.3 Å². The van der Waals surface area contributed by atoms with Gasteiger partial charge in [0.2, 0.25) is 0 Å². The summed E-state index contributed by atoms with van der Waals surface area (Å²) >= 11 is 0. The van der Waals surface area contributed by atoms with Crippen LogP contribution in [0.3, 0.4) is 0 Å². The van der Waals surface area contributed by atoms with Crippen molar-refractivity contribution < 1.29 is 14.3 Å². The summed E-state index contributed by atoms with van der Waals surface area (Å²) in [6.45, 7) is 6.35. The quantitative estimate of drug-likeness (QED) is 0.766. The number of aryl methyl sites for hydroxylation is 1. The second-order valence-corrected chi connectivity index (χ2v) is 4.87. The molecule has 96 valence electrons. The topological polar surface area (TPSA) is 49.7 Å². The Bertz CT molecular complexity index is 364. The van der Waals surface area contributed by atoms with E-state index in [1.807, 2.05) is 12.1 Å². The molecule has 0 bridgehead atoms. The second kappa shape index (κ2) is 6.95. The third-order valence-corrected chi connectivity index (χ3v) is 3.16. The first-order chi connectivity index (χ1) is 8.10. The van der Waals surface area contributed by atoms with Crippen molar-refractivity contribution in [2.24, 2.45) is 0 Å². The summed E-state index contributed by atoms with van der Waals surface area (Å²) in [6.07, 6.45) is 4.02. The molecule has 0 heterocycles. The lowest BCUT2D eigenvalue weighted by Crippen LogP contribution is -2.01. The fourth-order valence-electron chi connectivity index (χ4n) is 2.08. The number of hydrogen-bond acceptors (Lipinski definition) is 3. The third kappa shape index (κ3) is 3.95. The van der Waals surface area contributed by atoms with E-state index in [1.165, 1.54) is 11.1 Å². The van der Waals surface area contributed by atoms with Crippen molar-refractivity contribution in [2.75, 3.05) is 0 Å². The molecule has 0 unspecified atom stereocenters. The van der Waals surface area contributed by atoms with E-state index in [-0.39, 0.29) is 0 Å². The average molecular weight is 256 g/mol. The van der Waals surface area contributed by atoms with Crippen LogP contribution in [0.4, 0.5) is 0 Å². The molecule has 1 aromatic rings. The van der Waals surface area contributed by atoms with Gasteiger partial charge in [-0.2, -0.15) is 0 Å². The van der Waals surface area contributed by atoms with E-state index in [0.29, 0.717) is 5.75 Å². The molecule has 1 aromatic carbocycles. The van der Waals surface area contributed by atoms with E-state index in [2.05, 4.69) is 20.8 Å². The van der Waals surface area contributed by atoms with Gasteiger partial charge in [-0.05, 0) is 42.5 Å². The minimum absolute atomic E-state index is 0.622. The predicted molar refractivity (Wildman–Crippen MR) is 71.2 cm³/mol. The number of hydrogen-bond donors (Lipinski definition) is 2. The number of rotatable bonds is 6. The van der Waals surface area contributed by atoms with Crippen LogP contribution in [-0.2, 0) is 12.8 Å². The van der Waals surface area contributed by atoms with Crippen molar-refractivity contribution in [3.05, 3.63) is 28.8 Å². The first-order valence-electron chi connectivity index (χ1n) is 6.07. The second-order valence-electron chi connectivity index (χ2n) is 4.18.